The fraction of sp³-hybridized carbons (Fsp3) is 0.292. The number of likely N-dealkylation sites (tertiary alicyclic amines) is 1. The molecule has 0 spiro atoms. The molecule has 1 saturated heterocycles. The highest BCUT2D eigenvalue weighted by atomic mass is 35.5. The lowest BCUT2D eigenvalue weighted by atomic mass is 9.87. The van der Waals surface area contributed by atoms with E-state index < -0.39 is 29.7 Å². The SMILES string of the molecule is C=CC=O.CC(=NCC(=O)O)c1c(N)cc(NC2(c3c(F)ccc(Cl)c3Cl)CCN(C)C2)cc1F. The minimum atomic E-state index is -1.13. The topological polar surface area (TPSA) is 108 Å². The van der Waals surface area contributed by atoms with Crippen molar-refractivity contribution in [1.82, 2.24) is 4.90 Å². The standard InChI is InChI=1S/C21H22Cl2F2N4O2.C3H4O/c1-11(27-9-17(30)31)18-15(25)7-12(8-16(18)26)28-21(5-6-29(2)10-21)19-14(24)4-3-13(22)20(19)23;1-2-3-4/h3-4,7-8,28H,5-6,9-10,26H2,1-2H3,(H,30,31);2-3H,1H2. The number of hydrogen-bond acceptors (Lipinski definition) is 6. The average Bonchev–Trinajstić information content (AvgIpc) is 3.15. The number of benzene rings is 2. The number of carbonyl (C=O) groups excluding carboxylic acids is 1. The molecule has 2 aromatic rings. The second kappa shape index (κ2) is 12.1. The van der Waals surface area contributed by atoms with Crippen LogP contribution in [0.1, 0.15) is 24.5 Å². The van der Waals surface area contributed by atoms with Crippen LogP contribution in [0.5, 0.6) is 0 Å². The lowest BCUT2D eigenvalue weighted by Crippen LogP contribution is -2.39. The van der Waals surface area contributed by atoms with Crippen molar-refractivity contribution in [3.63, 3.8) is 0 Å². The number of nitrogen functional groups attached to an aromatic ring is 1. The van der Waals surface area contributed by atoms with Crippen LogP contribution in [0.15, 0.2) is 41.9 Å². The highest BCUT2D eigenvalue weighted by Gasteiger charge is 2.42. The molecule has 35 heavy (non-hydrogen) atoms. The molecule has 0 bridgehead atoms. The van der Waals surface area contributed by atoms with E-state index in [1.165, 1.54) is 37.3 Å². The van der Waals surface area contributed by atoms with Gasteiger partial charge in [-0.3, -0.25) is 14.6 Å². The summed E-state index contributed by atoms with van der Waals surface area (Å²) in [4.78, 5) is 25.6. The van der Waals surface area contributed by atoms with Crippen molar-refractivity contribution >= 4 is 52.5 Å². The van der Waals surface area contributed by atoms with Gasteiger partial charge in [-0.25, -0.2) is 8.78 Å². The van der Waals surface area contributed by atoms with E-state index in [-0.39, 0.29) is 32.6 Å². The maximum Gasteiger partial charge on any atom is 0.325 e. The van der Waals surface area contributed by atoms with Crippen molar-refractivity contribution < 1.29 is 23.5 Å². The number of anilines is 2. The first-order valence-corrected chi connectivity index (χ1v) is 11.2. The molecule has 3 rings (SSSR count). The zero-order valence-electron chi connectivity index (χ0n) is 19.2. The largest absolute Gasteiger partial charge is 0.480 e. The number of carboxylic acid groups (broad SMARTS) is 1. The van der Waals surface area contributed by atoms with E-state index >= 15 is 0 Å². The van der Waals surface area contributed by atoms with Crippen LogP contribution in [0, 0.1) is 11.6 Å². The molecule has 0 radical (unpaired) electrons. The summed E-state index contributed by atoms with van der Waals surface area (Å²) in [5, 5.41) is 12.3. The van der Waals surface area contributed by atoms with Crippen molar-refractivity contribution in [1.29, 1.82) is 0 Å². The Labute approximate surface area is 212 Å². The molecule has 4 N–H and O–H groups in total. The van der Waals surface area contributed by atoms with Crippen molar-refractivity contribution in [3.05, 3.63) is 69.7 Å². The summed E-state index contributed by atoms with van der Waals surface area (Å²) in [5.74, 6) is -2.32. The fourth-order valence-corrected chi connectivity index (χ4v) is 4.45. The quantitative estimate of drug-likeness (QED) is 0.158. The van der Waals surface area contributed by atoms with Gasteiger partial charge in [-0.2, -0.15) is 0 Å². The van der Waals surface area contributed by atoms with E-state index in [1.54, 1.807) is 0 Å². The number of aldehydes is 1. The van der Waals surface area contributed by atoms with Crippen LogP contribution in [0.25, 0.3) is 0 Å². The molecule has 1 aliphatic rings. The lowest BCUT2D eigenvalue weighted by molar-refractivity contribution is -0.135. The molecule has 2 aromatic carbocycles. The first-order chi connectivity index (χ1) is 16.5. The highest BCUT2D eigenvalue weighted by molar-refractivity contribution is 6.42. The summed E-state index contributed by atoms with van der Waals surface area (Å²) in [5.41, 5.74) is 5.92. The van der Waals surface area contributed by atoms with Gasteiger partial charge in [0.25, 0.3) is 0 Å². The van der Waals surface area contributed by atoms with Gasteiger partial charge in [0.2, 0.25) is 0 Å². The van der Waals surface area contributed by atoms with Crippen LogP contribution in [0.4, 0.5) is 20.2 Å². The van der Waals surface area contributed by atoms with Crippen LogP contribution < -0.4 is 11.1 Å². The van der Waals surface area contributed by atoms with Gasteiger partial charge in [-0.05, 0) is 50.7 Å². The Balaban J connectivity index is 0.00000100. The van der Waals surface area contributed by atoms with Crippen molar-refractivity contribution in [2.45, 2.75) is 18.9 Å². The lowest BCUT2D eigenvalue weighted by Gasteiger charge is -2.33. The molecule has 7 nitrogen and oxygen atoms in total. The molecular formula is C24H26Cl2F2N4O3. The number of carboxylic acids is 1. The summed E-state index contributed by atoms with van der Waals surface area (Å²) >= 11 is 12.5. The number of rotatable bonds is 7. The minimum Gasteiger partial charge on any atom is -0.480 e. The highest BCUT2D eigenvalue weighted by Crippen LogP contribution is 2.43. The average molecular weight is 527 g/mol. The molecule has 11 heteroatoms. The van der Waals surface area contributed by atoms with Gasteiger partial charge in [0, 0.05) is 35.7 Å². The summed E-state index contributed by atoms with van der Waals surface area (Å²) in [6.45, 7) is 5.17. The van der Waals surface area contributed by atoms with Crippen LogP contribution in [-0.4, -0.2) is 54.7 Å². The van der Waals surface area contributed by atoms with E-state index in [0.717, 1.165) is 0 Å². The number of hydrogen-bond donors (Lipinski definition) is 3. The smallest absolute Gasteiger partial charge is 0.325 e. The van der Waals surface area contributed by atoms with E-state index in [1.807, 2.05) is 11.9 Å². The molecule has 1 unspecified atom stereocenters. The first-order valence-electron chi connectivity index (χ1n) is 10.4. The molecule has 0 aromatic heterocycles. The Morgan fingerprint density at radius 2 is 2.00 bits per heavy atom. The Bertz CT molecular complexity index is 1130. The normalized spacial score (nSPS) is 17.9. The molecule has 1 fully saturated rings. The van der Waals surface area contributed by atoms with Crippen LogP contribution in [-0.2, 0) is 15.1 Å². The van der Waals surface area contributed by atoms with Gasteiger partial charge in [-0.15, -0.1) is 0 Å². The molecule has 188 valence electrons. The van der Waals surface area contributed by atoms with E-state index in [2.05, 4.69) is 16.9 Å². The van der Waals surface area contributed by atoms with Gasteiger partial charge < -0.3 is 21.1 Å². The second-order valence-corrected chi connectivity index (χ2v) is 8.79. The molecule has 0 saturated carbocycles. The summed E-state index contributed by atoms with van der Waals surface area (Å²) in [6.07, 6.45) is 2.34. The third-order valence-electron chi connectivity index (χ3n) is 5.40. The van der Waals surface area contributed by atoms with Gasteiger partial charge in [0.15, 0.2) is 0 Å². The maximum absolute atomic E-state index is 14.9. The number of allylic oxidation sites excluding steroid dienone is 1. The molecule has 0 amide bonds. The number of carbonyl (C=O) groups is 2. The summed E-state index contributed by atoms with van der Waals surface area (Å²) < 4.78 is 29.8. The third kappa shape index (κ3) is 6.78. The van der Waals surface area contributed by atoms with Crippen molar-refractivity contribution in [2.24, 2.45) is 4.99 Å². The molecule has 1 atom stereocenters. The fourth-order valence-electron chi connectivity index (χ4n) is 3.96. The van der Waals surface area contributed by atoms with Gasteiger partial charge in [0.1, 0.15) is 24.5 Å². The van der Waals surface area contributed by atoms with Gasteiger partial charge >= 0.3 is 5.97 Å². The number of halogens is 4. The zero-order chi connectivity index (χ0) is 26.3. The molecule has 0 aliphatic carbocycles. The summed E-state index contributed by atoms with van der Waals surface area (Å²) in [6, 6.07) is 5.38. The Hall–Kier alpha value is -3.01. The number of nitrogens with one attached hydrogen (secondary N) is 1. The van der Waals surface area contributed by atoms with E-state index in [9.17, 15) is 13.6 Å². The minimum absolute atomic E-state index is 0.0244. The monoisotopic (exact) mass is 526 g/mol. The first kappa shape index (κ1) is 28.2. The zero-order valence-corrected chi connectivity index (χ0v) is 20.8. The van der Waals surface area contributed by atoms with Crippen LogP contribution >= 0.6 is 23.2 Å². The van der Waals surface area contributed by atoms with Gasteiger partial charge in [-0.1, -0.05) is 29.8 Å². The second-order valence-electron chi connectivity index (χ2n) is 8.00. The van der Waals surface area contributed by atoms with E-state index in [4.69, 9.17) is 38.8 Å². The predicted octanol–water partition coefficient (Wildman–Crippen LogP) is 4.76. The number of nitrogens with zero attached hydrogens (tertiary/aromatic N) is 2. The van der Waals surface area contributed by atoms with E-state index in [0.29, 0.717) is 31.5 Å². The Morgan fingerprint density at radius 1 is 1.34 bits per heavy atom. The molecular weight excluding hydrogens is 501 g/mol. The number of aliphatic carboxylic acids is 1. The van der Waals surface area contributed by atoms with Crippen molar-refractivity contribution in [3.8, 4) is 0 Å². The number of nitrogens with two attached hydrogens (primary N) is 1. The number of likely N-dealkylation sites (N-methyl/N-ethyl adjacent to an activating group) is 1. The van der Waals surface area contributed by atoms with Crippen molar-refractivity contribution in [2.75, 3.05) is 37.7 Å². The van der Waals surface area contributed by atoms with Crippen LogP contribution in [0.2, 0.25) is 10.0 Å². The predicted molar refractivity (Wildman–Crippen MR) is 136 cm³/mol. The van der Waals surface area contributed by atoms with Crippen LogP contribution in [0.3, 0.4) is 0 Å². The molecule has 1 heterocycles. The maximum atomic E-state index is 14.9. The van der Waals surface area contributed by atoms with Gasteiger partial charge in [0.05, 0.1) is 21.1 Å². The Morgan fingerprint density at radius 3 is 2.51 bits per heavy atom. The Kier molecular flexibility index (Phi) is 9.76. The summed E-state index contributed by atoms with van der Waals surface area (Å²) in [7, 11) is 1.89. The number of aliphatic imine (C=N–C) groups is 1. The molecule has 1 aliphatic heterocycles. The third-order valence-corrected chi connectivity index (χ3v) is 6.20.